The molecule has 8 bridgehead atoms. The van der Waals surface area contributed by atoms with Crippen LogP contribution in [0.15, 0.2) is 47.2 Å². The number of pyridine rings is 1. The van der Waals surface area contributed by atoms with Crippen molar-refractivity contribution in [3.05, 3.63) is 64.6 Å². The van der Waals surface area contributed by atoms with E-state index in [1.807, 2.05) is 6.92 Å². The van der Waals surface area contributed by atoms with Gasteiger partial charge in [-0.15, -0.1) is 11.8 Å². The fourth-order valence-electron chi connectivity index (χ4n) is 11.8. The number of rotatable bonds is 10. The maximum Gasteiger partial charge on any atom is 0.324 e. The van der Waals surface area contributed by atoms with E-state index in [4.69, 9.17) is 28.9 Å². The number of carbonyl (C=O) groups excluding carboxylic acids is 3. The first-order chi connectivity index (χ1) is 32.3. The molecular formula is C52H69N7O7S. The maximum atomic E-state index is 14.7. The van der Waals surface area contributed by atoms with Crippen molar-refractivity contribution in [3.8, 4) is 11.3 Å². The zero-order valence-corrected chi connectivity index (χ0v) is 41.3. The van der Waals surface area contributed by atoms with Crippen LogP contribution in [0.2, 0.25) is 0 Å². The number of aryl methyl sites for hydroxylation is 1. The van der Waals surface area contributed by atoms with E-state index in [-0.39, 0.29) is 48.3 Å². The van der Waals surface area contributed by atoms with Gasteiger partial charge in [0.2, 0.25) is 5.91 Å². The number of hydrogen-bond acceptors (Lipinski definition) is 12. The van der Waals surface area contributed by atoms with Crippen LogP contribution in [0, 0.1) is 23.2 Å². The summed E-state index contributed by atoms with van der Waals surface area (Å²) in [5.74, 6) is 0.352. The highest BCUT2D eigenvalue weighted by Gasteiger charge is 2.51. The number of thioether (sulfide) groups is 1. The molecule has 0 spiro atoms. The first-order valence-electron chi connectivity index (χ1n) is 24.9. The number of nitrogens with one attached hydrogen (secondary N) is 2. The van der Waals surface area contributed by atoms with Crippen molar-refractivity contribution in [1.29, 1.82) is 0 Å². The Labute approximate surface area is 399 Å². The zero-order chi connectivity index (χ0) is 46.9. The highest BCUT2D eigenvalue weighted by Crippen LogP contribution is 2.48. The van der Waals surface area contributed by atoms with Gasteiger partial charge in [-0.05, 0) is 106 Å². The van der Waals surface area contributed by atoms with Crippen molar-refractivity contribution in [3.63, 3.8) is 0 Å². The SMILES string of the molecule is CCO[C@@H]1C2=NC(CS2)c2ccc3c(c2)c(c(-c2cc(C4C[C@H]5COC[C@@H](C4)N5C4=CC4)cnc2[C@H](C)OC)n3CC)CC(C)(C)COC(=O)[C@@H]2CCCN(N2)C(=O)[C@H]1NC(=O)[C@H]1[C@H](C)[C@@H]1C. The summed E-state index contributed by atoms with van der Waals surface area (Å²) in [6.07, 6.45) is 8.20. The molecule has 360 valence electrons. The number of morpholine rings is 1. The van der Waals surface area contributed by atoms with Crippen molar-refractivity contribution >= 4 is 45.5 Å². The molecule has 0 radical (unpaired) electrons. The monoisotopic (exact) mass is 935 g/mol. The average molecular weight is 936 g/mol. The number of hydrazine groups is 1. The molecule has 7 aliphatic rings. The van der Waals surface area contributed by atoms with Gasteiger partial charge in [0, 0.05) is 78.7 Å². The molecular weight excluding hydrogens is 867 g/mol. The standard InChI is InChI=1S/C52H69N7O7S/c1-9-57-42-16-13-31-20-37(42)39(46(57)38-21-33(23-53-44(38)30(5)63-8)32-18-35-24-64-25-36(19-32)59(35)34-14-15-34)22-52(6,7)27-66-51(62)40-12-11-17-58(56-40)50(61)45(55-48(60)43-28(3)29(43)4)47(65-10-2)49-54-41(31)26-67-49/h13-14,16,20-21,23,28-30,32,35-36,40-41,43,45,47,56H,9-12,15,17-19,22,24-27H2,1-8H3,(H,55,60)/t28-,29+,30-,32?,35-,36+,40-,41?,43+,45-,47-/m0/s1. The third-order valence-corrected chi connectivity index (χ3v) is 16.9. The normalized spacial score (nSPS) is 32.0. The van der Waals surface area contributed by atoms with Crippen LogP contribution < -0.4 is 10.7 Å². The van der Waals surface area contributed by atoms with Gasteiger partial charge in [0.25, 0.3) is 5.91 Å². The van der Waals surface area contributed by atoms with E-state index in [9.17, 15) is 14.4 Å². The van der Waals surface area contributed by atoms with Crippen molar-refractivity contribution in [2.75, 3.05) is 45.8 Å². The summed E-state index contributed by atoms with van der Waals surface area (Å²) in [7, 11) is 1.75. The van der Waals surface area contributed by atoms with Gasteiger partial charge in [-0.3, -0.25) is 29.4 Å². The number of aromatic nitrogens is 2. The Morgan fingerprint density at radius 2 is 1.85 bits per heavy atom. The molecule has 2 N–H and O–H groups in total. The van der Waals surface area contributed by atoms with Gasteiger partial charge in [-0.2, -0.15) is 0 Å². The topological polar surface area (TPSA) is 149 Å². The van der Waals surface area contributed by atoms with E-state index in [0.717, 1.165) is 72.4 Å². The first kappa shape index (κ1) is 46.4. The number of allylic oxidation sites excluding steroid dienone is 2. The van der Waals surface area contributed by atoms with Gasteiger partial charge < -0.3 is 33.7 Å². The van der Waals surface area contributed by atoms with Gasteiger partial charge in [0.05, 0.1) is 55.4 Å². The zero-order valence-electron chi connectivity index (χ0n) is 40.5. The van der Waals surface area contributed by atoms with Crippen LogP contribution in [0.4, 0.5) is 0 Å². The lowest BCUT2D eigenvalue weighted by Crippen LogP contribution is -2.63. The summed E-state index contributed by atoms with van der Waals surface area (Å²) in [6.45, 7) is 17.7. The minimum absolute atomic E-state index is 0.160. The van der Waals surface area contributed by atoms with Crippen LogP contribution in [-0.4, -0.2) is 118 Å². The number of carbonyl (C=O) groups is 3. The Morgan fingerprint density at radius 3 is 2.54 bits per heavy atom. The number of piperidine rings is 1. The quantitative estimate of drug-likeness (QED) is 0.198. The number of methoxy groups -OCH3 is 1. The second-order valence-electron chi connectivity index (χ2n) is 20.9. The lowest BCUT2D eigenvalue weighted by molar-refractivity contribution is -0.156. The molecule has 15 heteroatoms. The molecule has 14 nitrogen and oxygen atoms in total. The number of amides is 2. The van der Waals surface area contributed by atoms with Gasteiger partial charge in [0.15, 0.2) is 0 Å². The van der Waals surface area contributed by atoms with Crippen molar-refractivity contribution in [1.82, 2.24) is 30.2 Å². The number of benzene rings is 1. The third-order valence-electron chi connectivity index (χ3n) is 15.8. The Morgan fingerprint density at radius 1 is 1.09 bits per heavy atom. The van der Waals surface area contributed by atoms with E-state index in [0.29, 0.717) is 61.2 Å². The lowest BCUT2D eigenvalue weighted by atomic mass is 9.80. The number of nitrogens with zero attached hydrogens (tertiary/aromatic N) is 5. The number of aliphatic imine (C=N–C) groups is 1. The third kappa shape index (κ3) is 8.85. The Balaban J connectivity index is 1.09. The number of hydrogen-bond donors (Lipinski definition) is 2. The molecule has 11 atom stereocenters. The fraction of sp³-hybridized carbons (Fsp3) is 0.635. The highest BCUT2D eigenvalue weighted by atomic mass is 32.2. The molecule has 2 unspecified atom stereocenters. The van der Waals surface area contributed by atoms with Crippen molar-refractivity contribution < 1.29 is 33.3 Å². The van der Waals surface area contributed by atoms with Crippen LogP contribution in [-0.2, 0) is 46.3 Å². The van der Waals surface area contributed by atoms with E-state index in [1.165, 1.54) is 21.8 Å². The summed E-state index contributed by atoms with van der Waals surface area (Å²) < 4.78 is 27.3. The smallest absolute Gasteiger partial charge is 0.324 e. The van der Waals surface area contributed by atoms with Crippen LogP contribution in [0.3, 0.4) is 0 Å². The number of cyclic esters (lactones) is 1. The van der Waals surface area contributed by atoms with E-state index in [1.54, 1.807) is 18.9 Å². The summed E-state index contributed by atoms with van der Waals surface area (Å²) in [5.41, 5.74) is 11.9. The van der Waals surface area contributed by atoms with E-state index in [2.05, 4.69) is 98.3 Å². The average Bonchev–Trinajstić information content (AvgIpc) is 4.18. The number of ether oxygens (including phenoxy) is 4. The summed E-state index contributed by atoms with van der Waals surface area (Å²) >= 11 is 1.58. The largest absolute Gasteiger partial charge is 0.464 e. The minimum Gasteiger partial charge on any atom is -0.464 e. The minimum atomic E-state index is -1.04. The highest BCUT2D eigenvalue weighted by molar-refractivity contribution is 8.14. The van der Waals surface area contributed by atoms with Gasteiger partial charge in [-0.1, -0.05) is 39.8 Å². The molecule has 4 fully saturated rings. The van der Waals surface area contributed by atoms with Gasteiger partial charge >= 0.3 is 5.97 Å². The Hall–Kier alpha value is -4.28. The molecule has 2 amide bonds. The van der Waals surface area contributed by atoms with Crippen molar-refractivity contribution in [2.45, 2.75) is 142 Å². The second-order valence-corrected chi connectivity index (χ2v) is 22.0. The number of fused-ring (bicyclic) bond motifs is 7. The molecule has 10 rings (SSSR count). The van der Waals surface area contributed by atoms with Gasteiger partial charge in [0.1, 0.15) is 23.2 Å². The molecule has 2 aromatic heterocycles. The van der Waals surface area contributed by atoms with Crippen LogP contribution in [0.1, 0.15) is 121 Å². The predicted molar refractivity (Wildman–Crippen MR) is 259 cm³/mol. The van der Waals surface area contributed by atoms with Crippen LogP contribution >= 0.6 is 11.8 Å². The number of esters is 1. The summed E-state index contributed by atoms with van der Waals surface area (Å²) in [4.78, 5) is 55.9. The van der Waals surface area contributed by atoms with Crippen LogP contribution in [0.5, 0.6) is 0 Å². The molecule has 7 heterocycles. The molecule has 1 aromatic carbocycles. The van der Waals surface area contributed by atoms with E-state index < -0.39 is 29.6 Å². The van der Waals surface area contributed by atoms with Gasteiger partial charge in [-0.25, -0.2) is 5.43 Å². The summed E-state index contributed by atoms with van der Waals surface area (Å²) in [6, 6.07) is 7.86. The maximum absolute atomic E-state index is 14.7. The Kier molecular flexibility index (Phi) is 12.9. The molecule has 1 saturated carbocycles. The molecule has 5 aliphatic heterocycles. The molecule has 2 aliphatic carbocycles. The summed E-state index contributed by atoms with van der Waals surface area (Å²) in [5, 5.41) is 6.43. The molecule has 3 aromatic rings. The molecule has 67 heavy (non-hydrogen) atoms. The lowest BCUT2D eigenvalue weighted by Gasteiger charge is -2.49. The Bertz CT molecular complexity index is 2460. The van der Waals surface area contributed by atoms with E-state index >= 15 is 0 Å². The first-order valence-corrected chi connectivity index (χ1v) is 25.9. The van der Waals surface area contributed by atoms with Crippen LogP contribution in [0.25, 0.3) is 22.2 Å². The fourth-order valence-corrected chi connectivity index (χ4v) is 12.9. The van der Waals surface area contributed by atoms with Crippen molar-refractivity contribution in [2.24, 2.45) is 28.2 Å². The second kappa shape index (κ2) is 18.6. The molecule has 3 saturated heterocycles. The predicted octanol–water partition coefficient (Wildman–Crippen LogP) is 7.26.